The molecular weight excluding hydrogens is 1180 g/mol. The molecule has 3 aliphatic rings. The largest absolute Gasteiger partial charge is 0.478 e. The molecule has 6 nitrogen and oxygen atoms in total. The van der Waals surface area contributed by atoms with E-state index in [9.17, 15) is 29.7 Å². The summed E-state index contributed by atoms with van der Waals surface area (Å²) in [7, 11) is 0. The van der Waals surface area contributed by atoms with Gasteiger partial charge in [-0.15, -0.1) is 0 Å². The van der Waals surface area contributed by atoms with Crippen molar-refractivity contribution in [3.05, 3.63) is 105 Å². The van der Waals surface area contributed by atoms with Gasteiger partial charge in [0.05, 0.1) is 16.7 Å². The molecule has 4 aromatic rings. The van der Waals surface area contributed by atoms with Gasteiger partial charge in [-0.3, -0.25) is 0 Å². The quantitative estimate of drug-likeness (QED) is 0.0380. The number of hydrogen-bond acceptors (Lipinski definition) is 3. The standard InChI is InChI=1S/C90H138O6/c1-7-13-19-25-31-37-43-49-61-88(62-50-44-38-32-26-20-14-8-2)76-67-70(85(91)92)55-58-73(76)79-82(88)80-74-59-56-71(86(93)94)68-77(74)89(63-51-45-39-33-27-21-15-9-3,64-52-46-40-34-28-22-16-10-4)84(80)81-75-60-57-72(87(95)96)69-78(75)90(83(79)81,65-53-47-41-35-29-23-17-11-5)66-54-48-42-36-30-24-18-12-6/h55-60,67-69H,7-54,61-66H2,1-6H3,(H,91,92)(H,93,94)(H,95,96). The van der Waals surface area contributed by atoms with Crippen LogP contribution in [-0.2, 0) is 16.2 Å². The number of carboxylic acid groups (broad SMARTS) is 3. The van der Waals surface area contributed by atoms with Gasteiger partial charge in [0.15, 0.2) is 0 Å². The molecule has 0 bridgehead atoms. The highest BCUT2D eigenvalue weighted by atomic mass is 16.4. The highest BCUT2D eigenvalue weighted by Crippen LogP contribution is 2.71. The van der Waals surface area contributed by atoms with Crippen LogP contribution in [0.5, 0.6) is 0 Å². The van der Waals surface area contributed by atoms with Crippen LogP contribution in [0.25, 0.3) is 33.4 Å². The van der Waals surface area contributed by atoms with Crippen LogP contribution in [0, 0.1) is 0 Å². The second-order valence-electron chi connectivity index (χ2n) is 31.0. The van der Waals surface area contributed by atoms with E-state index in [1.54, 1.807) is 0 Å². The zero-order valence-corrected chi connectivity index (χ0v) is 62.4. The fourth-order valence-corrected chi connectivity index (χ4v) is 18.6. The maximum absolute atomic E-state index is 13.8. The molecule has 534 valence electrons. The van der Waals surface area contributed by atoms with Crippen molar-refractivity contribution < 1.29 is 29.7 Å². The third-order valence-corrected chi connectivity index (χ3v) is 23.8. The summed E-state index contributed by atoms with van der Waals surface area (Å²) in [5.74, 6) is -2.65. The molecule has 0 aromatic heterocycles. The zero-order valence-electron chi connectivity index (χ0n) is 62.4. The number of benzene rings is 4. The van der Waals surface area contributed by atoms with Gasteiger partial charge in [-0.05, 0) is 142 Å². The topological polar surface area (TPSA) is 112 Å². The molecule has 0 saturated carbocycles. The number of hydrogen-bond donors (Lipinski definition) is 3. The van der Waals surface area contributed by atoms with Crippen molar-refractivity contribution in [3.63, 3.8) is 0 Å². The Morgan fingerprint density at radius 2 is 0.396 bits per heavy atom. The van der Waals surface area contributed by atoms with Crippen molar-refractivity contribution in [1.29, 1.82) is 0 Å². The first-order valence-corrected chi connectivity index (χ1v) is 41.4. The first kappa shape index (κ1) is 78.6. The van der Waals surface area contributed by atoms with E-state index in [2.05, 4.69) is 77.9 Å². The van der Waals surface area contributed by atoms with E-state index in [1.165, 1.54) is 298 Å². The summed E-state index contributed by atoms with van der Waals surface area (Å²) in [6.45, 7) is 13.8. The molecule has 3 aliphatic carbocycles. The molecule has 0 spiro atoms. The molecule has 0 unspecified atom stereocenters. The van der Waals surface area contributed by atoms with E-state index >= 15 is 0 Å². The summed E-state index contributed by atoms with van der Waals surface area (Å²) >= 11 is 0. The Balaban J connectivity index is 1.61. The van der Waals surface area contributed by atoms with Crippen LogP contribution < -0.4 is 0 Å². The van der Waals surface area contributed by atoms with Crippen LogP contribution in [0.2, 0.25) is 0 Å². The Bertz CT molecular complexity index is 2560. The Kier molecular flexibility index (Phi) is 34.7. The lowest BCUT2D eigenvalue weighted by Gasteiger charge is -2.40. The van der Waals surface area contributed by atoms with Gasteiger partial charge in [0, 0.05) is 16.2 Å². The molecule has 0 fully saturated rings. The minimum atomic E-state index is -0.883. The van der Waals surface area contributed by atoms with Crippen molar-refractivity contribution in [2.75, 3.05) is 0 Å². The molecule has 0 saturated heterocycles. The van der Waals surface area contributed by atoms with E-state index in [0.717, 1.165) is 116 Å². The molecule has 96 heavy (non-hydrogen) atoms. The monoisotopic (exact) mass is 1320 g/mol. The molecule has 0 amide bonds. The van der Waals surface area contributed by atoms with Gasteiger partial charge in [-0.1, -0.05) is 368 Å². The van der Waals surface area contributed by atoms with Gasteiger partial charge in [0.25, 0.3) is 0 Å². The third kappa shape index (κ3) is 20.5. The van der Waals surface area contributed by atoms with Crippen molar-refractivity contribution in [2.45, 2.75) is 405 Å². The summed E-state index contributed by atoms with van der Waals surface area (Å²) in [6.07, 6.45) is 63.6. The summed E-state index contributed by atoms with van der Waals surface area (Å²) in [5.41, 5.74) is 14.9. The molecule has 4 aromatic carbocycles. The molecule has 0 radical (unpaired) electrons. The highest BCUT2D eigenvalue weighted by Gasteiger charge is 2.58. The van der Waals surface area contributed by atoms with E-state index < -0.39 is 34.2 Å². The number of unbranched alkanes of at least 4 members (excludes halogenated alkanes) is 42. The molecule has 6 heteroatoms. The van der Waals surface area contributed by atoms with E-state index in [0.29, 0.717) is 16.7 Å². The average Bonchev–Trinajstić information content (AvgIpc) is 1.48. The number of fused-ring (bicyclic) bond motifs is 12. The first-order valence-electron chi connectivity index (χ1n) is 41.4. The SMILES string of the molecule is CCCCCCCCCCC1(CCCCCCCCCC)c2cc(C(=O)O)ccc2-c2c1c1c(c3c2C(CCCCCCCCCC)(CCCCCCCCCC)c2cc(C(=O)O)ccc2-3)C(CCCCCCCCCC)(CCCCCCCCCC)c2cc(C(=O)O)ccc2-1. The van der Waals surface area contributed by atoms with Crippen LogP contribution in [-0.4, -0.2) is 33.2 Å². The molecular formula is C90H138O6. The number of aromatic carboxylic acids is 3. The lowest BCUT2D eigenvalue weighted by molar-refractivity contribution is 0.0686. The van der Waals surface area contributed by atoms with Crippen molar-refractivity contribution in [1.82, 2.24) is 0 Å². The van der Waals surface area contributed by atoms with Gasteiger partial charge >= 0.3 is 17.9 Å². The maximum atomic E-state index is 13.8. The highest BCUT2D eigenvalue weighted by molar-refractivity contribution is 6.07. The lowest BCUT2D eigenvalue weighted by atomic mass is 9.63. The molecule has 0 aliphatic heterocycles. The number of carbonyl (C=O) groups is 3. The zero-order chi connectivity index (χ0) is 68.4. The fraction of sp³-hybridized carbons (Fsp3) is 0.700. The summed E-state index contributed by atoms with van der Waals surface area (Å²) in [6, 6.07) is 18.9. The normalized spacial score (nSPS) is 14.2. The molecule has 0 atom stereocenters. The third-order valence-electron chi connectivity index (χ3n) is 23.8. The first-order chi connectivity index (χ1) is 47.0. The predicted molar refractivity (Wildman–Crippen MR) is 409 cm³/mol. The maximum Gasteiger partial charge on any atom is 0.335 e. The van der Waals surface area contributed by atoms with Crippen LogP contribution in [0.15, 0.2) is 54.6 Å². The van der Waals surface area contributed by atoms with Crippen LogP contribution >= 0.6 is 0 Å². The van der Waals surface area contributed by atoms with Gasteiger partial charge in [0.1, 0.15) is 0 Å². The smallest absolute Gasteiger partial charge is 0.335 e. The minimum Gasteiger partial charge on any atom is -0.478 e. The minimum absolute atomic E-state index is 0.356. The fourth-order valence-electron chi connectivity index (χ4n) is 18.6. The summed E-state index contributed by atoms with van der Waals surface area (Å²) < 4.78 is 0. The molecule has 7 rings (SSSR count). The second kappa shape index (κ2) is 42.4. The Morgan fingerprint density at radius 1 is 0.240 bits per heavy atom. The number of carboxylic acids is 3. The second-order valence-corrected chi connectivity index (χ2v) is 31.0. The van der Waals surface area contributed by atoms with Gasteiger partial charge in [0.2, 0.25) is 0 Å². The summed E-state index contributed by atoms with van der Waals surface area (Å²) in [4.78, 5) is 41.3. The van der Waals surface area contributed by atoms with Crippen molar-refractivity contribution in [2.24, 2.45) is 0 Å². The molecule has 0 heterocycles. The Labute approximate surface area is 587 Å². The Morgan fingerprint density at radius 3 is 0.552 bits per heavy atom. The lowest BCUT2D eigenvalue weighted by Crippen LogP contribution is -2.31. The van der Waals surface area contributed by atoms with Crippen molar-refractivity contribution >= 4 is 17.9 Å². The molecule has 3 N–H and O–H groups in total. The average molecular weight is 1320 g/mol. The van der Waals surface area contributed by atoms with Gasteiger partial charge in [-0.2, -0.15) is 0 Å². The Hall–Kier alpha value is -4.71. The van der Waals surface area contributed by atoms with E-state index in [-0.39, 0.29) is 0 Å². The van der Waals surface area contributed by atoms with Crippen LogP contribution in [0.1, 0.15) is 453 Å². The predicted octanol–water partition coefficient (Wildman–Crippen LogP) is 28.8. The van der Waals surface area contributed by atoms with E-state index in [4.69, 9.17) is 0 Å². The van der Waals surface area contributed by atoms with Gasteiger partial charge in [-0.25, -0.2) is 14.4 Å². The van der Waals surface area contributed by atoms with Crippen LogP contribution in [0.3, 0.4) is 0 Å². The van der Waals surface area contributed by atoms with Gasteiger partial charge < -0.3 is 15.3 Å². The summed E-state index contributed by atoms with van der Waals surface area (Å²) in [5, 5.41) is 33.8. The number of rotatable bonds is 57. The van der Waals surface area contributed by atoms with Crippen molar-refractivity contribution in [3.8, 4) is 33.4 Å². The van der Waals surface area contributed by atoms with Crippen LogP contribution in [0.4, 0.5) is 0 Å². The van der Waals surface area contributed by atoms with E-state index in [1.807, 2.05) is 18.2 Å².